The minimum Gasteiger partial charge on any atom is -0.493 e. The summed E-state index contributed by atoms with van der Waals surface area (Å²) >= 11 is 3.27. The lowest BCUT2D eigenvalue weighted by Crippen LogP contribution is -2.28. The lowest BCUT2D eigenvalue weighted by molar-refractivity contribution is 0.0571. The van der Waals surface area contributed by atoms with Crippen molar-refractivity contribution in [2.45, 2.75) is 55.7 Å². The fourth-order valence-electron chi connectivity index (χ4n) is 3.43. The van der Waals surface area contributed by atoms with Gasteiger partial charge in [-0.3, -0.25) is 9.36 Å². The second-order valence-electron chi connectivity index (χ2n) is 7.51. The van der Waals surface area contributed by atoms with E-state index in [1.54, 1.807) is 12.1 Å². The van der Waals surface area contributed by atoms with E-state index in [9.17, 15) is 18.3 Å². The molecule has 1 aromatic heterocycles. The van der Waals surface area contributed by atoms with E-state index in [1.165, 1.54) is 16.7 Å². The van der Waals surface area contributed by atoms with E-state index < -0.39 is 32.2 Å². The quantitative estimate of drug-likeness (QED) is 0.470. The summed E-state index contributed by atoms with van der Waals surface area (Å²) in [4.78, 5) is 16.0. The van der Waals surface area contributed by atoms with Crippen LogP contribution in [0.15, 0.2) is 73.7 Å². The number of hydrogen-bond acceptors (Lipinski definition) is 6. The molecule has 0 aliphatic heterocycles. The maximum Gasteiger partial charge on any atom is 0.296 e. The third-order valence-corrected chi connectivity index (χ3v) is 7.27. The van der Waals surface area contributed by atoms with E-state index >= 15 is 0 Å². The minimum atomic E-state index is -4.32. The first-order valence-corrected chi connectivity index (χ1v) is 12.5. The Morgan fingerprint density at radius 2 is 1.72 bits per heavy atom. The highest BCUT2D eigenvalue weighted by Crippen LogP contribution is 2.33. The summed E-state index contributed by atoms with van der Waals surface area (Å²) in [5.74, 6) is -0.488. The van der Waals surface area contributed by atoms with Gasteiger partial charge in [0.15, 0.2) is 4.90 Å². The van der Waals surface area contributed by atoms with Crippen LogP contribution >= 0.6 is 15.9 Å². The lowest BCUT2D eigenvalue weighted by Gasteiger charge is -2.25. The minimum absolute atomic E-state index is 0.0532. The number of sulfone groups is 1. The number of hydrogen-bond donors (Lipinski definition) is 1. The van der Waals surface area contributed by atoms with Gasteiger partial charge in [0, 0.05) is 4.47 Å². The maximum atomic E-state index is 13.3. The number of rotatable bonds is 8. The van der Waals surface area contributed by atoms with E-state index in [4.69, 9.17) is 4.74 Å². The van der Waals surface area contributed by atoms with Crippen LogP contribution < -0.4 is 5.56 Å². The Hall–Kier alpha value is -2.49. The van der Waals surface area contributed by atoms with Crippen LogP contribution in [0.2, 0.25) is 0 Å². The Bertz CT molecular complexity index is 1240. The van der Waals surface area contributed by atoms with Gasteiger partial charge in [0.25, 0.3) is 5.56 Å². The first-order valence-electron chi connectivity index (χ1n) is 10.2. The molecule has 9 heteroatoms. The van der Waals surface area contributed by atoms with Gasteiger partial charge in [-0.15, -0.1) is 0 Å². The van der Waals surface area contributed by atoms with Crippen LogP contribution in [-0.2, 0) is 21.2 Å². The van der Waals surface area contributed by atoms with Crippen molar-refractivity contribution >= 4 is 25.8 Å². The Balaban J connectivity index is 2.28. The molecule has 170 valence electrons. The predicted molar refractivity (Wildman–Crippen MR) is 125 cm³/mol. The van der Waals surface area contributed by atoms with Crippen LogP contribution in [0.1, 0.15) is 44.6 Å². The van der Waals surface area contributed by atoms with Crippen molar-refractivity contribution in [3.8, 4) is 5.88 Å². The Morgan fingerprint density at radius 1 is 1.09 bits per heavy atom. The summed E-state index contributed by atoms with van der Waals surface area (Å²) in [6, 6.07) is 14.7. The van der Waals surface area contributed by atoms with Gasteiger partial charge in [0.2, 0.25) is 15.7 Å². The van der Waals surface area contributed by atoms with Crippen molar-refractivity contribution in [1.82, 2.24) is 9.55 Å². The van der Waals surface area contributed by atoms with Crippen LogP contribution in [0.4, 0.5) is 0 Å². The van der Waals surface area contributed by atoms with E-state index in [0.29, 0.717) is 10.9 Å². The summed E-state index contributed by atoms with van der Waals surface area (Å²) < 4.78 is 34.3. The molecular formula is C23H25BrN2O5S. The van der Waals surface area contributed by atoms with Crippen molar-refractivity contribution in [3.63, 3.8) is 0 Å². The number of nitrogens with zero attached hydrogens (tertiary/aromatic N) is 2. The second-order valence-corrected chi connectivity index (χ2v) is 10.3. The average Bonchev–Trinajstić information content (AvgIpc) is 2.75. The molecule has 7 nitrogen and oxygen atoms in total. The van der Waals surface area contributed by atoms with Crippen molar-refractivity contribution < 1.29 is 18.3 Å². The molecular weight excluding hydrogens is 496 g/mol. The van der Waals surface area contributed by atoms with Gasteiger partial charge in [-0.25, -0.2) is 8.42 Å². The monoisotopic (exact) mass is 520 g/mol. The normalized spacial score (nSPS) is 12.8. The van der Waals surface area contributed by atoms with Crippen LogP contribution in [0, 0.1) is 0 Å². The zero-order valence-electron chi connectivity index (χ0n) is 18.0. The summed E-state index contributed by atoms with van der Waals surface area (Å²) in [6.45, 7) is 5.53. The molecule has 2 aromatic carbocycles. The van der Waals surface area contributed by atoms with Crippen LogP contribution in [0.3, 0.4) is 0 Å². The first kappa shape index (κ1) is 24.2. The molecule has 0 amide bonds. The van der Waals surface area contributed by atoms with E-state index in [2.05, 4.69) is 20.9 Å². The van der Waals surface area contributed by atoms with Gasteiger partial charge in [-0.05, 0) is 50.1 Å². The molecule has 32 heavy (non-hydrogen) atoms. The van der Waals surface area contributed by atoms with Crippen molar-refractivity contribution in [3.05, 3.63) is 80.8 Å². The van der Waals surface area contributed by atoms with Crippen LogP contribution in [0.25, 0.3) is 0 Å². The number of ether oxygens (including phenoxy) is 1. The average molecular weight is 521 g/mol. The van der Waals surface area contributed by atoms with Crippen LogP contribution in [-0.4, -0.2) is 29.2 Å². The SMILES string of the molecule is CC[C@@H](c1ccccc1)n1c(COC(C)C)nc(=O)c(S(=O)(=O)c2ccc(Br)cc2)c1O. The molecule has 0 fully saturated rings. The molecule has 1 N–H and O–H groups in total. The summed E-state index contributed by atoms with van der Waals surface area (Å²) in [6.07, 6.45) is 0.375. The van der Waals surface area contributed by atoms with Crippen molar-refractivity contribution in [2.75, 3.05) is 0 Å². The third kappa shape index (κ3) is 4.95. The highest BCUT2D eigenvalue weighted by Gasteiger charge is 2.32. The molecule has 3 rings (SSSR count). The number of aromatic hydroxyl groups is 1. The maximum absolute atomic E-state index is 13.3. The number of aromatic nitrogens is 2. The van der Waals surface area contributed by atoms with Gasteiger partial charge in [0.1, 0.15) is 12.4 Å². The molecule has 0 aliphatic carbocycles. The highest BCUT2D eigenvalue weighted by molar-refractivity contribution is 9.10. The number of halogens is 1. The largest absolute Gasteiger partial charge is 0.493 e. The summed E-state index contributed by atoms with van der Waals surface area (Å²) in [7, 11) is -4.32. The highest BCUT2D eigenvalue weighted by atomic mass is 79.9. The Kier molecular flexibility index (Phi) is 7.53. The lowest BCUT2D eigenvalue weighted by atomic mass is 10.0. The molecule has 3 aromatic rings. The first-order chi connectivity index (χ1) is 15.2. The van der Waals surface area contributed by atoms with Crippen molar-refractivity contribution in [1.29, 1.82) is 0 Å². The Labute approximate surface area is 195 Å². The molecule has 1 atom stereocenters. The summed E-state index contributed by atoms with van der Waals surface area (Å²) in [5, 5.41) is 11.2. The molecule has 0 aliphatic rings. The molecule has 0 spiro atoms. The van der Waals surface area contributed by atoms with Gasteiger partial charge in [0.05, 0.1) is 17.0 Å². The molecule has 0 saturated carbocycles. The zero-order chi connectivity index (χ0) is 23.5. The second kappa shape index (κ2) is 9.97. The van der Waals surface area contributed by atoms with Gasteiger partial charge < -0.3 is 9.84 Å². The molecule has 1 heterocycles. The van der Waals surface area contributed by atoms with Crippen LogP contribution in [0.5, 0.6) is 5.88 Å². The predicted octanol–water partition coefficient (Wildman–Crippen LogP) is 4.47. The fraction of sp³-hybridized carbons (Fsp3) is 0.304. The molecule has 0 radical (unpaired) electrons. The third-order valence-electron chi connectivity index (χ3n) is 4.96. The van der Waals surface area contributed by atoms with Gasteiger partial charge >= 0.3 is 0 Å². The standard InChI is InChI=1S/C23H25BrN2O5S/c1-4-19(16-8-6-5-7-9-16)26-20(14-31-15(2)3)25-22(27)21(23(26)28)32(29,30)18-12-10-17(24)11-13-18/h5-13,15,19,28H,4,14H2,1-3H3/t19-/m0/s1. The van der Waals surface area contributed by atoms with Gasteiger partial charge in [-0.2, -0.15) is 4.98 Å². The zero-order valence-corrected chi connectivity index (χ0v) is 20.4. The van der Waals surface area contributed by atoms with Gasteiger partial charge in [-0.1, -0.05) is 53.2 Å². The van der Waals surface area contributed by atoms with E-state index in [1.807, 2.05) is 51.1 Å². The Morgan fingerprint density at radius 3 is 2.28 bits per heavy atom. The molecule has 0 saturated heterocycles. The topological polar surface area (TPSA) is 98.5 Å². The van der Waals surface area contributed by atoms with Crippen molar-refractivity contribution in [2.24, 2.45) is 0 Å². The number of benzene rings is 2. The smallest absolute Gasteiger partial charge is 0.296 e. The summed E-state index contributed by atoms with van der Waals surface area (Å²) in [5.41, 5.74) is -0.180. The molecule has 0 unspecified atom stereocenters. The fourth-order valence-corrected chi connectivity index (χ4v) is 5.04. The van der Waals surface area contributed by atoms with E-state index in [0.717, 1.165) is 5.56 Å². The van der Waals surface area contributed by atoms with E-state index in [-0.39, 0.29) is 23.4 Å². The molecule has 0 bridgehead atoms.